The number of rotatable bonds is 6. The van der Waals surface area contributed by atoms with Crippen LogP contribution in [0.1, 0.15) is 26.0 Å². The van der Waals surface area contributed by atoms with Gasteiger partial charge in [-0.3, -0.25) is 4.79 Å². The number of imidazole rings is 1. The number of pyridine rings is 2. The number of anilines is 1. The van der Waals surface area contributed by atoms with Crippen LogP contribution < -0.4 is 10.6 Å². The first-order valence-corrected chi connectivity index (χ1v) is 9.72. The zero-order valence-electron chi connectivity index (χ0n) is 17.4. The Morgan fingerprint density at radius 2 is 2.10 bits per heavy atom. The summed E-state index contributed by atoms with van der Waals surface area (Å²) in [6.07, 6.45) is 1.81. The van der Waals surface area contributed by atoms with Crippen molar-refractivity contribution in [2.24, 2.45) is 7.05 Å². The summed E-state index contributed by atoms with van der Waals surface area (Å²) in [6.45, 7) is 3.50. The van der Waals surface area contributed by atoms with Crippen molar-refractivity contribution in [1.29, 1.82) is 0 Å². The number of carbonyl (C=O) groups is 1. The van der Waals surface area contributed by atoms with Gasteiger partial charge in [-0.05, 0) is 32.0 Å². The van der Waals surface area contributed by atoms with E-state index in [1.54, 1.807) is 20.2 Å². The van der Waals surface area contributed by atoms with E-state index >= 15 is 0 Å². The van der Waals surface area contributed by atoms with Crippen LogP contribution in [0.4, 0.5) is 5.82 Å². The Labute approximate surface area is 173 Å². The maximum Gasteiger partial charge on any atom is 0.223 e. The average molecular weight is 407 g/mol. The van der Waals surface area contributed by atoms with E-state index in [9.17, 15) is 9.90 Å². The first-order valence-electron chi connectivity index (χ1n) is 9.72. The number of aryl methyl sites for hydroxylation is 1. The van der Waals surface area contributed by atoms with E-state index in [1.165, 1.54) is 0 Å². The summed E-state index contributed by atoms with van der Waals surface area (Å²) in [5.41, 5.74) is 3.82. The molecule has 4 aromatic rings. The average Bonchev–Trinajstić information content (AvgIpc) is 3.28. The van der Waals surface area contributed by atoms with Crippen molar-refractivity contribution >= 4 is 33.8 Å². The summed E-state index contributed by atoms with van der Waals surface area (Å²) in [5.74, 6) is 0.491. The highest BCUT2D eigenvalue weighted by molar-refractivity contribution is 6.07. The lowest BCUT2D eigenvalue weighted by molar-refractivity contribution is -0.125. The van der Waals surface area contributed by atoms with Gasteiger partial charge in [0.05, 0.1) is 47.5 Å². The lowest BCUT2D eigenvalue weighted by Gasteiger charge is -2.16. The normalized spacial score (nSPS) is 11.9. The topological polar surface area (TPSA) is 121 Å². The number of aliphatic hydroxyl groups is 1. The second kappa shape index (κ2) is 7.42. The van der Waals surface area contributed by atoms with Crippen molar-refractivity contribution in [3.05, 3.63) is 36.3 Å². The molecule has 0 aliphatic carbocycles. The van der Waals surface area contributed by atoms with Crippen molar-refractivity contribution in [2.45, 2.75) is 32.4 Å². The van der Waals surface area contributed by atoms with Gasteiger partial charge in [-0.2, -0.15) is 0 Å². The number of aromatic amines is 1. The Hall–Kier alpha value is -3.46. The molecule has 0 spiro atoms. The molecule has 4 N–H and O–H groups in total. The molecule has 0 atom stereocenters. The largest absolute Gasteiger partial charge is 0.390 e. The van der Waals surface area contributed by atoms with Gasteiger partial charge < -0.3 is 25.3 Å². The molecule has 4 heterocycles. The van der Waals surface area contributed by atoms with Crippen molar-refractivity contribution in [2.75, 3.05) is 12.4 Å². The maximum atomic E-state index is 12.0. The van der Waals surface area contributed by atoms with Gasteiger partial charge in [-0.25, -0.2) is 15.0 Å². The lowest BCUT2D eigenvalue weighted by atomic mass is 10.1. The molecule has 4 aromatic heterocycles. The predicted octanol–water partition coefficient (Wildman–Crippen LogP) is 2.33. The first-order chi connectivity index (χ1) is 14.2. The third kappa shape index (κ3) is 3.84. The third-order valence-electron chi connectivity index (χ3n) is 4.82. The van der Waals surface area contributed by atoms with Crippen LogP contribution in [0.15, 0.2) is 30.6 Å². The molecule has 9 nitrogen and oxygen atoms in total. The minimum atomic E-state index is -1.04. The molecule has 0 fully saturated rings. The molecule has 0 radical (unpaired) electrons. The Balaban J connectivity index is 1.65. The molecule has 4 rings (SSSR count). The van der Waals surface area contributed by atoms with E-state index in [0.29, 0.717) is 5.82 Å². The predicted molar refractivity (Wildman–Crippen MR) is 116 cm³/mol. The summed E-state index contributed by atoms with van der Waals surface area (Å²) < 4.78 is 1.97. The van der Waals surface area contributed by atoms with Crippen molar-refractivity contribution in [1.82, 2.24) is 29.8 Å². The summed E-state index contributed by atoms with van der Waals surface area (Å²) >= 11 is 0. The fourth-order valence-corrected chi connectivity index (χ4v) is 3.48. The van der Waals surface area contributed by atoms with Gasteiger partial charge in [0.25, 0.3) is 0 Å². The summed E-state index contributed by atoms with van der Waals surface area (Å²) in [7, 11) is 3.78. The Bertz CT molecular complexity index is 1230. The van der Waals surface area contributed by atoms with Gasteiger partial charge in [-0.15, -0.1) is 0 Å². The van der Waals surface area contributed by atoms with E-state index in [0.717, 1.165) is 39.1 Å². The quantitative estimate of drug-likeness (QED) is 0.389. The van der Waals surface area contributed by atoms with Crippen LogP contribution in [0.25, 0.3) is 33.5 Å². The van der Waals surface area contributed by atoms with Crippen LogP contribution in [0, 0.1) is 0 Å². The number of nitrogens with one attached hydrogen (secondary N) is 3. The van der Waals surface area contributed by atoms with Gasteiger partial charge in [0.2, 0.25) is 5.91 Å². The van der Waals surface area contributed by atoms with Gasteiger partial charge in [-0.1, -0.05) is 6.07 Å². The number of carbonyl (C=O) groups excluding carboxylic acids is 1. The highest BCUT2D eigenvalue weighted by atomic mass is 16.3. The van der Waals surface area contributed by atoms with Crippen molar-refractivity contribution < 1.29 is 9.90 Å². The lowest BCUT2D eigenvalue weighted by Crippen LogP contribution is -2.32. The van der Waals surface area contributed by atoms with Crippen LogP contribution in [0.2, 0.25) is 0 Å². The van der Waals surface area contributed by atoms with E-state index in [4.69, 9.17) is 0 Å². The monoisotopic (exact) mass is 407 g/mol. The standard InChI is InChI=1S/C21H25N7O2/c1-21(2,30)9-16(29)23-10-12-6-5-7-14(25-12)15-8-13-18-17(24-11-28(18)4)20(22-3)27-19(13)26-15/h5-8,11,30H,9-10H2,1-4H3,(H,23,29)(H2,22,26,27). The fraction of sp³-hybridized carbons (Fsp3) is 0.333. The van der Waals surface area contributed by atoms with Crippen LogP contribution in [-0.4, -0.2) is 48.2 Å². The summed E-state index contributed by atoms with van der Waals surface area (Å²) in [6, 6.07) is 7.68. The van der Waals surface area contributed by atoms with E-state index in [-0.39, 0.29) is 18.9 Å². The minimum Gasteiger partial charge on any atom is -0.390 e. The van der Waals surface area contributed by atoms with E-state index in [1.807, 2.05) is 42.9 Å². The number of hydrogen-bond acceptors (Lipinski definition) is 6. The Morgan fingerprint density at radius 1 is 1.30 bits per heavy atom. The molecule has 9 heteroatoms. The van der Waals surface area contributed by atoms with Crippen LogP contribution in [0.5, 0.6) is 0 Å². The van der Waals surface area contributed by atoms with Gasteiger partial charge in [0.15, 0.2) is 5.82 Å². The molecular formula is C21H25N7O2. The minimum absolute atomic E-state index is 0.0366. The Morgan fingerprint density at radius 3 is 2.83 bits per heavy atom. The fourth-order valence-electron chi connectivity index (χ4n) is 3.48. The number of H-pyrrole nitrogens is 1. The van der Waals surface area contributed by atoms with Gasteiger partial charge in [0, 0.05) is 19.5 Å². The SMILES string of the molecule is CNc1nc2[nH]c(-c3cccc(CNC(=O)CC(C)(C)O)n3)cc2c2c1ncn2C. The van der Waals surface area contributed by atoms with E-state index in [2.05, 4.69) is 30.6 Å². The molecule has 0 aromatic carbocycles. The maximum absolute atomic E-state index is 12.0. The third-order valence-corrected chi connectivity index (χ3v) is 4.82. The van der Waals surface area contributed by atoms with Gasteiger partial charge in [0.1, 0.15) is 11.2 Å². The van der Waals surface area contributed by atoms with Crippen LogP contribution in [0.3, 0.4) is 0 Å². The smallest absolute Gasteiger partial charge is 0.223 e. The van der Waals surface area contributed by atoms with E-state index < -0.39 is 5.60 Å². The molecule has 156 valence electrons. The molecule has 0 saturated heterocycles. The zero-order chi connectivity index (χ0) is 21.5. The summed E-state index contributed by atoms with van der Waals surface area (Å²) in [4.78, 5) is 29.1. The zero-order valence-corrected chi connectivity index (χ0v) is 17.4. The highest BCUT2D eigenvalue weighted by Gasteiger charge is 2.18. The second-order valence-electron chi connectivity index (χ2n) is 7.99. The van der Waals surface area contributed by atoms with Crippen molar-refractivity contribution in [3.8, 4) is 11.4 Å². The first kappa shape index (κ1) is 19.8. The molecule has 0 saturated carbocycles. The molecule has 30 heavy (non-hydrogen) atoms. The highest BCUT2D eigenvalue weighted by Crippen LogP contribution is 2.31. The molecule has 0 bridgehead atoms. The van der Waals surface area contributed by atoms with Crippen molar-refractivity contribution in [3.63, 3.8) is 0 Å². The molecule has 0 aliphatic rings. The van der Waals surface area contributed by atoms with Crippen LogP contribution in [-0.2, 0) is 18.4 Å². The Kier molecular flexibility index (Phi) is 4.90. The summed E-state index contributed by atoms with van der Waals surface area (Å²) in [5, 5.41) is 16.6. The molecular weight excluding hydrogens is 382 g/mol. The number of aromatic nitrogens is 5. The molecule has 0 aliphatic heterocycles. The van der Waals surface area contributed by atoms with Gasteiger partial charge >= 0.3 is 0 Å². The number of amides is 1. The molecule has 0 unspecified atom stereocenters. The van der Waals surface area contributed by atoms with Crippen LogP contribution >= 0.6 is 0 Å². The number of fused-ring (bicyclic) bond motifs is 3. The number of nitrogens with zero attached hydrogens (tertiary/aromatic N) is 4. The molecule has 1 amide bonds. The second-order valence-corrected chi connectivity index (χ2v) is 7.99. The number of hydrogen-bond donors (Lipinski definition) is 4.